The number of rotatable bonds is 3. The van der Waals surface area contributed by atoms with Gasteiger partial charge in [0.05, 0.1) is 12.0 Å². The van der Waals surface area contributed by atoms with Crippen LogP contribution in [0.1, 0.15) is 113 Å². The van der Waals surface area contributed by atoms with Crippen molar-refractivity contribution in [3.63, 3.8) is 0 Å². The number of carboxylic acid groups (broad SMARTS) is 1. The molecule has 0 radical (unpaired) electrons. The van der Waals surface area contributed by atoms with E-state index in [1.54, 1.807) is 5.57 Å². The van der Waals surface area contributed by atoms with Gasteiger partial charge in [0, 0.05) is 23.2 Å². The number of allylic oxidation sites excluding steroid dienone is 1. The minimum absolute atomic E-state index is 0.00561. The second-order valence-electron chi connectivity index (χ2n) is 15.9. The minimum atomic E-state index is -1.15. The lowest BCUT2D eigenvalue weighted by atomic mass is 9.42. The van der Waals surface area contributed by atoms with Crippen LogP contribution < -0.4 is 0 Å². The third kappa shape index (κ3) is 3.75. The lowest BCUT2D eigenvalue weighted by Gasteiger charge is -2.63. The van der Waals surface area contributed by atoms with Crippen molar-refractivity contribution in [2.45, 2.75) is 131 Å². The SMILES string of the molecule is C[C@@H]1C[C@]2(OC(=O)[C@@H](C)[C@@H]2C)O[C@@H]2CC3=C(CC[C@H]4C(C)(C)[C@H](OC(=O)CC(=O)O)CC[C@]34C)[C@]3(C)CC[C@H]1[C@@]23C. The molecule has 2 saturated carbocycles. The zero-order valence-electron chi connectivity index (χ0n) is 26.3. The molecule has 1 spiro atoms. The summed E-state index contributed by atoms with van der Waals surface area (Å²) in [6, 6.07) is 0. The standard InChI is InChI=1S/C34H50O7/c1-18-17-34(20(3)19(2)29(38)41-34)40-26-15-23-22(32(7)14-11-21(18)33(26,32)8)9-10-24-30(4,5)25(12-13-31(23,24)6)39-28(37)16-27(35)36/h18-21,24-26H,9-17H2,1-8H3,(H,35,36)/t18-,19+,20+,21-,24+,25-,26-,31-,32+,33+,34-/m1/s1. The van der Waals surface area contributed by atoms with Crippen LogP contribution in [0.25, 0.3) is 0 Å². The van der Waals surface area contributed by atoms with Crippen LogP contribution in [0.4, 0.5) is 0 Å². The number of hydrogen-bond donors (Lipinski definition) is 1. The quantitative estimate of drug-likeness (QED) is 0.229. The van der Waals surface area contributed by atoms with E-state index in [0.29, 0.717) is 17.8 Å². The Bertz CT molecular complexity index is 1200. The maximum Gasteiger partial charge on any atom is 0.317 e. The molecular formula is C34H50O7. The number of fused-ring (bicyclic) bond motifs is 3. The van der Waals surface area contributed by atoms with Gasteiger partial charge in [0.25, 0.3) is 0 Å². The summed E-state index contributed by atoms with van der Waals surface area (Å²) in [6.45, 7) is 18.3. The molecule has 6 aliphatic rings. The fraction of sp³-hybridized carbons (Fsp3) is 0.853. The molecule has 1 N–H and O–H groups in total. The molecule has 41 heavy (non-hydrogen) atoms. The second-order valence-corrected chi connectivity index (χ2v) is 15.9. The normalized spacial score (nSPS) is 50.0. The number of aliphatic carboxylic acids is 1. The zero-order chi connectivity index (χ0) is 29.9. The van der Waals surface area contributed by atoms with Crippen LogP contribution in [0, 0.1) is 51.2 Å². The van der Waals surface area contributed by atoms with Gasteiger partial charge in [-0.15, -0.1) is 0 Å². The Balaban J connectivity index is 1.39. The van der Waals surface area contributed by atoms with E-state index < -0.39 is 24.1 Å². The average Bonchev–Trinajstić information content (AvgIpc) is 3.23. The number of ether oxygens (including phenoxy) is 3. The summed E-state index contributed by atoms with van der Waals surface area (Å²) in [5.74, 6) is -1.75. The zero-order valence-corrected chi connectivity index (χ0v) is 26.3. The first kappa shape index (κ1) is 29.2. The highest BCUT2D eigenvalue weighted by Gasteiger charge is 2.70. The maximum atomic E-state index is 12.9. The predicted octanol–water partition coefficient (Wildman–Crippen LogP) is 6.68. The van der Waals surface area contributed by atoms with E-state index in [-0.39, 0.29) is 51.7 Å². The summed E-state index contributed by atoms with van der Waals surface area (Å²) in [5, 5.41) is 9.10. The van der Waals surface area contributed by atoms with E-state index in [1.807, 2.05) is 6.92 Å². The highest BCUT2D eigenvalue weighted by molar-refractivity contribution is 5.90. The topological polar surface area (TPSA) is 99.1 Å². The van der Waals surface area contributed by atoms with Gasteiger partial charge in [0.1, 0.15) is 12.5 Å². The Morgan fingerprint density at radius 1 is 1.00 bits per heavy atom. The van der Waals surface area contributed by atoms with Crippen LogP contribution in [0.15, 0.2) is 11.1 Å². The molecule has 0 unspecified atom stereocenters. The largest absolute Gasteiger partial charge is 0.481 e. The first-order chi connectivity index (χ1) is 19.0. The molecule has 4 fully saturated rings. The summed E-state index contributed by atoms with van der Waals surface area (Å²) in [5.41, 5.74) is 2.83. The van der Waals surface area contributed by atoms with Crippen molar-refractivity contribution in [2.75, 3.05) is 0 Å². The van der Waals surface area contributed by atoms with E-state index in [4.69, 9.17) is 19.3 Å². The number of carbonyl (C=O) groups excluding carboxylic acids is 2. The van der Waals surface area contributed by atoms with Crippen molar-refractivity contribution in [3.8, 4) is 0 Å². The molecule has 11 atom stereocenters. The number of carbonyl (C=O) groups is 3. The number of esters is 2. The molecule has 228 valence electrons. The van der Waals surface area contributed by atoms with Gasteiger partial charge in [-0.05, 0) is 73.5 Å². The van der Waals surface area contributed by atoms with Crippen LogP contribution in [-0.4, -0.2) is 41.0 Å². The van der Waals surface area contributed by atoms with E-state index in [2.05, 4.69) is 48.5 Å². The number of carboxylic acids is 1. The minimum Gasteiger partial charge on any atom is -0.481 e. The highest BCUT2D eigenvalue weighted by Crippen LogP contribution is 2.74. The molecule has 4 aliphatic carbocycles. The van der Waals surface area contributed by atoms with Crippen LogP contribution in [0.3, 0.4) is 0 Å². The summed E-state index contributed by atoms with van der Waals surface area (Å²) in [7, 11) is 0. The van der Waals surface area contributed by atoms with E-state index in [1.165, 1.54) is 12.0 Å². The molecule has 0 bridgehead atoms. The summed E-state index contributed by atoms with van der Waals surface area (Å²) in [4.78, 5) is 36.4. The third-order valence-electron chi connectivity index (χ3n) is 14.1. The second kappa shape index (κ2) is 9.06. The first-order valence-electron chi connectivity index (χ1n) is 16.1. The van der Waals surface area contributed by atoms with Gasteiger partial charge < -0.3 is 19.3 Å². The maximum absolute atomic E-state index is 12.9. The van der Waals surface area contributed by atoms with Gasteiger partial charge in [-0.2, -0.15) is 0 Å². The molecule has 7 nitrogen and oxygen atoms in total. The molecule has 2 heterocycles. The van der Waals surface area contributed by atoms with Crippen LogP contribution in [0.5, 0.6) is 0 Å². The van der Waals surface area contributed by atoms with Gasteiger partial charge in [-0.3, -0.25) is 14.4 Å². The van der Waals surface area contributed by atoms with Crippen LogP contribution in [-0.2, 0) is 28.6 Å². The Morgan fingerprint density at radius 2 is 1.71 bits per heavy atom. The molecule has 2 aliphatic heterocycles. The molecule has 2 saturated heterocycles. The lowest BCUT2D eigenvalue weighted by Crippen LogP contribution is -2.59. The van der Waals surface area contributed by atoms with Crippen LogP contribution in [0.2, 0.25) is 0 Å². The van der Waals surface area contributed by atoms with Gasteiger partial charge >= 0.3 is 17.9 Å². The molecule has 0 aromatic heterocycles. The van der Waals surface area contributed by atoms with Crippen molar-refractivity contribution in [1.82, 2.24) is 0 Å². The Hall–Kier alpha value is -1.89. The fourth-order valence-corrected chi connectivity index (χ4v) is 11.5. The summed E-state index contributed by atoms with van der Waals surface area (Å²) >= 11 is 0. The Morgan fingerprint density at radius 3 is 2.34 bits per heavy atom. The fourth-order valence-electron chi connectivity index (χ4n) is 11.5. The van der Waals surface area contributed by atoms with Gasteiger partial charge in [-0.1, -0.05) is 66.5 Å². The van der Waals surface area contributed by atoms with E-state index in [9.17, 15) is 14.4 Å². The Kier molecular flexibility index (Phi) is 6.45. The van der Waals surface area contributed by atoms with Gasteiger partial charge in [0.15, 0.2) is 0 Å². The molecule has 6 rings (SSSR count). The van der Waals surface area contributed by atoms with Crippen molar-refractivity contribution in [3.05, 3.63) is 11.1 Å². The van der Waals surface area contributed by atoms with Crippen molar-refractivity contribution in [1.29, 1.82) is 0 Å². The summed E-state index contributed by atoms with van der Waals surface area (Å²) < 4.78 is 19.3. The average molecular weight is 571 g/mol. The van der Waals surface area contributed by atoms with Crippen LogP contribution >= 0.6 is 0 Å². The number of hydrogen-bond acceptors (Lipinski definition) is 6. The monoisotopic (exact) mass is 570 g/mol. The Labute approximate surface area is 245 Å². The molecule has 0 aromatic rings. The first-order valence-corrected chi connectivity index (χ1v) is 16.1. The van der Waals surface area contributed by atoms with Crippen molar-refractivity contribution < 1.29 is 33.7 Å². The molecular weight excluding hydrogens is 520 g/mol. The molecule has 0 amide bonds. The lowest BCUT2D eigenvalue weighted by molar-refractivity contribution is -0.269. The highest BCUT2D eigenvalue weighted by atomic mass is 16.7. The van der Waals surface area contributed by atoms with Gasteiger partial charge in [0.2, 0.25) is 5.79 Å². The van der Waals surface area contributed by atoms with E-state index >= 15 is 0 Å². The molecule has 7 heteroatoms. The van der Waals surface area contributed by atoms with Crippen molar-refractivity contribution in [2.24, 2.45) is 51.2 Å². The predicted molar refractivity (Wildman–Crippen MR) is 152 cm³/mol. The molecule has 0 aromatic carbocycles. The van der Waals surface area contributed by atoms with Crippen molar-refractivity contribution >= 4 is 17.9 Å². The third-order valence-corrected chi connectivity index (χ3v) is 14.1. The summed E-state index contributed by atoms with van der Waals surface area (Å²) in [6.07, 6.45) is 6.74. The van der Waals surface area contributed by atoms with E-state index in [0.717, 1.165) is 44.9 Å². The van der Waals surface area contributed by atoms with Gasteiger partial charge in [-0.25, -0.2) is 0 Å². The smallest absolute Gasteiger partial charge is 0.317 e.